The molecule has 1 N–H and O–H groups in total. The quantitative estimate of drug-likeness (QED) is 0.573. The number of aromatic nitrogens is 2. The highest BCUT2D eigenvalue weighted by atomic mass is 35.5. The third kappa shape index (κ3) is 4.07. The van der Waals surface area contributed by atoms with Gasteiger partial charge in [0.1, 0.15) is 5.82 Å². The van der Waals surface area contributed by atoms with Gasteiger partial charge in [-0.05, 0) is 37.1 Å². The average Bonchev–Trinajstić information content (AvgIpc) is 2.43. The van der Waals surface area contributed by atoms with Crippen molar-refractivity contribution in [1.29, 1.82) is 0 Å². The fourth-order valence-electron chi connectivity index (χ4n) is 2.34. The zero-order chi connectivity index (χ0) is 14.4. The standard InChI is InChI=1S/C16H22ClN3/c1-3-4-5-6-9-12(2)18-15-13-10-7-8-11-14(13)19-16(17)20-15/h7-8,10-12H,3-6,9H2,1-2H3,(H,18,19,20). The Balaban J connectivity index is 2.05. The van der Waals surface area contributed by atoms with Crippen LogP contribution in [0, 0.1) is 0 Å². The molecule has 0 aliphatic carbocycles. The van der Waals surface area contributed by atoms with Gasteiger partial charge in [0.25, 0.3) is 0 Å². The molecule has 0 amide bonds. The molecule has 4 heteroatoms. The number of nitrogens with one attached hydrogen (secondary N) is 1. The molecule has 1 heterocycles. The van der Waals surface area contributed by atoms with Crippen LogP contribution in [-0.4, -0.2) is 16.0 Å². The summed E-state index contributed by atoms with van der Waals surface area (Å²) in [4.78, 5) is 8.57. The Morgan fingerprint density at radius 2 is 1.95 bits per heavy atom. The van der Waals surface area contributed by atoms with Gasteiger partial charge in [0.15, 0.2) is 0 Å². The van der Waals surface area contributed by atoms with Crippen LogP contribution in [-0.2, 0) is 0 Å². The zero-order valence-corrected chi connectivity index (χ0v) is 13.0. The molecule has 0 bridgehead atoms. The number of fused-ring (bicyclic) bond motifs is 1. The van der Waals surface area contributed by atoms with Crippen LogP contribution >= 0.6 is 11.6 Å². The molecule has 1 unspecified atom stereocenters. The molecule has 1 aromatic heterocycles. The Labute approximate surface area is 125 Å². The van der Waals surface area contributed by atoms with Crippen LogP contribution in [0.5, 0.6) is 0 Å². The lowest BCUT2D eigenvalue weighted by Crippen LogP contribution is -2.16. The summed E-state index contributed by atoms with van der Waals surface area (Å²) >= 11 is 5.99. The monoisotopic (exact) mass is 291 g/mol. The maximum Gasteiger partial charge on any atom is 0.224 e. The number of para-hydroxylation sites is 1. The largest absolute Gasteiger partial charge is 0.367 e. The first-order chi connectivity index (χ1) is 9.70. The second kappa shape index (κ2) is 7.44. The zero-order valence-electron chi connectivity index (χ0n) is 12.2. The predicted molar refractivity (Wildman–Crippen MR) is 86.4 cm³/mol. The number of hydrogen-bond donors (Lipinski definition) is 1. The molecule has 2 rings (SSSR count). The molecule has 0 aliphatic heterocycles. The second-order valence-electron chi connectivity index (χ2n) is 5.25. The Morgan fingerprint density at radius 3 is 2.75 bits per heavy atom. The molecule has 20 heavy (non-hydrogen) atoms. The van der Waals surface area contributed by atoms with Gasteiger partial charge in [0, 0.05) is 11.4 Å². The van der Waals surface area contributed by atoms with E-state index in [9.17, 15) is 0 Å². The molecule has 0 radical (unpaired) electrons. The minimum atomic E-state index is 0.296. The summed E-state index contributed by atoms with van der Waals surface area (Å²) in [5.41, 5.74) is 0.883. The van der Waals surface area contributed by atoms with Crippen LogP contribution in [0.3, 0.4) is 0 Å². The molecular weight excluding hydrogens is 270 g/mol. The minimum Gasteiger partial charge on any atom is -0.367 e. The summed E-state index contributed by atoms with van der Waals surface area (Å²) in [6, 6.07) is 8.33. The third-order valence-corrected chi connectivity index (χ3v) is 3.62. The van der Waals surface area contributed by atoms with Gasteiger partial charge < -0.3 is 5.32 Å². The van der Waals surface area contributed by atoms with Gasteiger partial charge in [-0.1, -0.05) is 44.7 Å². The summed E-state index contributed by atoms with van der Waals surface area (Å²) in [6.45, 7) is 4.42. The van der Waals surface area contributed by atoms with Gasteiger partial charge in [-0.15, -0.1) is 0 Å². The predicted octanol–water partition coefficient (Wildman–Crippen LogP) is 5.05. The van der Waals surface area contributed by atoms with E-state index < -0.39 is 0 Å². The Kier molecular flexibility index (Phi) is 5.60. The van der Waals surface area contributed by atoms with E-state index in [1.165, 1.54) is 25.7 Å². The topological polar surface area (TPSA) is 37.8 Å². The van der Waals surface area contributed by atoms with Crippen LogP contribution in [0.4, 0.5) is 5.82 Å². The SMILES string of the molecule is CCCCCCC(C)Nc1nc(Cl)nc2ccccc12. The van der Waals surface area contributed by atoms with E-state index in [4.69, 9.17) is 11.6 Å². The number of rotatable bonds is 7. The van der Waals surface area contributed by atoms with Crippen LogP contribution < -0.4 is 5.32 Å². The van der Waals surface area contributed by atoms with Crippen LogP contribution in [0.1, 0.15) is 46.0 Å². The van der Waals surface area contributed by atoms with Crippen molar-refractivity contribution in [3.8, 4) is 0 Å². The number of unbranched alkanes of at least 4 members (excludes halogenated alkanes) is 3. The van der Waals surface area contributed by atoms with E-state index in [-0.39, 0.29) is 0 Å². The van der Waals surface area contributed by atoms with E-state index in [0.29, 0.717) is 11.3 Å². The molecule has 0 fully saturated rings. The summed E-state index contributed by atoms with van der Waals surface area (Å²) in [6.07, 6.45) is 6.28. The van der Waals surface area contributed by atoms with Crippen LogP contribution in [0.25, 0.3) is 10.9 Å². The molecule has 1 aromatic carbocycles. The number of nitrogens with zero attached hydrogens (tertiary/aromatic N) is 2. The number of halogens is 1. The molecule has 108 valence electrons. The van der Waals surface area contributed by atoms with Crippen molar-refractivity contribution >= 4 is 28.3 Å². The second-order valence-corrected chi connectivity index (χ2v) is 5.59. The van der Waals surface area contributed by atoms with Gasteiger partial charge in [-0.2, -0.15) is 0 Å². The van der Waals surface area contributed by atoms with Gasteiger partial charge in [-0.25, -0.2) is 9.97 Å². The fourth-order valence-corrected chi connectivity index (χ4v) is 2.52. The highest BCUT2D eigenvalue weighted by Crippen LogP contribution is 2.23. The van der Waals surface area contributed by atoms with E-state index in [2.05, 4.69) is 29.1 Å². The number of benzene rings is 1. The van der Waals surface area contributed by atoms with E-state index in [1.807, 2.05) is 24.3 Å². The molecule has 0 spiro atoms. The maximum absolute atomic E-state index is 5.99. The van der Waals surface area contributed by atoms with Gasteiger partial charge >= 0.3 is 0 Å². The Morgan fingerprint density at radius 1 is 1.15 bits per heavy atom. The van der Waals surface area contributed by atoms with Crippen molar-refractivity contribution < 1.29 is 0 Å². The summed E-state index contributed by atoms with van der Waals surface area (Å²) < 4.78 is 0. The molecular formula is C16H22ClN3. The van der Waals surface area contributed by atoms with Gasteiger partial charge in [-0.3, -0.25) is 0 Å². The average molecular weight is 292 g/mol. The molecule has 0 saturated heterocycles. The molecule has 3 nitrogen and oxygen atoms in total. The lowest BCUT2D eigenvalue weighted by Gasteiger charge is -2.16. The minimum absolute atomic E-state index is 0.296. The normalized spacial score (nSPS) is 12.6. The number of hydrogen-bond acceptors (Lipinski definition) is 3. The molecule has 1 atom stereocenters. The van der Waals surface area contributed by atoms with Crippen molar-refractivity contribution in [2.24, 2.45) is 0 Å². The lowest BCUT2D eigenvalue weighted by atomic mass is 10.1. The summed E-state index contributed by atoms with van der Waals surface area (Å²) in [5, 5.41) is 4.79. The van der Waals surface area contributed by atoms with Crippen LogP contribution in [0.2, 0.25) is 5.28 Å². The van der Waals surface area contributed by atoms with E-state index in [1.54, 1.807) is 0 Å². The number of anilines is 1. The first-order valence-corrected chi connectivity index (χ1v) is 7.77. The van der Waals surface area contributed by atoms with Gasteiger partial charge in [0.05, 0.1) is 5.52 Å². The van der Waals surface area contributed by atoms with Gasteiger partial charge in [0.2, 0.25) is 5.28 Å². The first kappa shape index (κ1) is 15.0. The van der Waals surface area contributed by atoms with E-state index in [0.717, 1.165) is 23.1 Å². The molecule has 2 aromatic rings. The highest BCUT2D eigenvalue weighted by Gasteiger charge is 2.09. The molecule has 0 aliphatic rings. The van der Waals surface area contributed by atoms with Crippen LogP contribution in [0.15, 0.2) is 24.3 Å². The Hall–Kier alpha value is -1.35. The molecule has 0 saturated carbocycles. The highest BCUT2D eigenvalue weighted by molar-refractivity contribution is 6.28. The smallest absolute Gasteiger partial charge is 0.224 e. The summed E-state index contributed by atoms with van der Waals surface area (Å²) in [7, 11) is 0. The van der Waals surface area contributed by atoms with Crippen molar-refractivity contribution in [1.82, 2.24) is 9.97 Å². The van der Waals surface area contributed by atoms with Crippen molar-refractivity contribution in [3.63, 3.8) is 0 Å². The van der Waals surface area contributed by atoms with Crippen molar-refractivity contribution in [2.75, 3.05) is 5.32 Å². The van der Waals surface area contributed by atoms with Crippen molar-refractivity contribution in [2.45, 2.75) is 52.0 Å². The first-order valence-electron chi connectivity index (χ1n) is 7.39. The third-order valence-electron chi connectivity index (χ3n) is 3.45. The maximum atomic E-state index is 5.99. The van der Waals surface area contributed by atoms with Crippen molar-refractivity contribution in [3.05, 3.63) is 29.5 Å². The van der Waals surface area contributed by atoms with E-state index >= 15 is 0 Å². The fraction of sp³-hybridized carbons (Fsp3) is 0.500. The lowest BCUT2D eigenvalue weighted by molar-refractivity contribution is 0.593. The summed E-state index contributed by atoms with van der Waals surface area (Å²) in [5.74, 6) is 0.837. The Bertz CT molecular complexity index is 556.